The summed E-state index contributed by atoms with van der Waals surface area (Å²) in [6.07, 6.45) is -2.57. The number of hydrogen-bond donors (Lipinski definition) is 1. The second-order valence-corrected chi connectivity index (χ2v) is 7.36. The Morgan fingerprint density at radius 3 is 1.93 bits per heavy atom. The molecule has 0 unspecified atom stereocenters. The van der Waals surface area contributed by atoms with E-state index in [4.69, 9.17) is 9.47 Å². The highest BCUT2D eigenvalue weighted by molar-refractivity contribution is 5.80. The third kappa shape index (κ3) is 7.23. The van der Waals surface area contributed by atoms with Crippen LogP contribution in [0.3, 0.4) is 0 Å². The Hall–Kier alpha value is -2.66. The molecule has 144 valence electrons. The van der Waals surface area contributed by atoms with Crippen LogP contribution >= 0.6 is 0 Å². The molecule has 27 heavy (non-hydrogen) atoms. The molecule has 0 saturated heterocycles. The Labute approximate surface area is 159 Å². The molecule has 1 N–H and O–H groups in total. The fourth-order valence-corrected chi connectivity index (χ4v) is 2.58. The van der Waals surface area contributed by atoms with E-state index in [0.717, 1.165) is 0 Å². The Morgan fingerprint density at radius 2 is 1.41 bits per heavy atom. The van der Waals surface area contributed by atoms with Gasteiger partial charge >= 0.3 is 6.16 Å². The average molecular weight is 370 g/mol. The lowest BCUT2D eigenvalue weighted by Crippen LogP contribution is -2.26. The number of rotatable bonds is 7. The molecule has 5 heteroatoms. The van der Waals surface area contributed by atoms with Crippen LogP contribution in [0.15, 0.2) is 60.7 Å². The standard InChI is InChI=1S/C22H26O5/c1-22(2,3)27-21(25)26-20(17-12-8-5-9-13-17)15-18(23)14-19(24)16-10-6-4-7-11-16/h4-13,19-20,24H,14-15H2,1-3H3/t19-,20-/m0/s1. The van der Waals surface area contributed by atoms with Crippen molar-refractivity contribution in [1.82, 2.24) is 0 Å². The minimum atomic E-state index is -0.892. The smallest absolute Gasteiger partial charge is 0.429 e. The fourth-order valence-electron chi connectivity index (χ4n) is 2.58. The highest BCUT2D eigenvalue weighted by Gasteiger charge is 2.25. The van der Waals surface area contributed by atoms with Crippen LogP contribution in [-0.2, 0) is 14.3 Å². The summed E-state index contributed by atoms with van der Waals surface area (Å²) >= 11 is 0. The molecule has 2 atom stereocenters. The Morgan fingerprint density at radius 1 is 0.889 bits per heavy atom. The minimum absolute atomic E-state index is 0.0346. The van der Waals surface area contributed by atoms with Crippen molar-refractivity contribution in [3.63, 3.8) is 0 Å². The molecule has 0 radical (unpaired) electrons. The second-order valence-electron chi connectivity index (χ2n) is 7.36. The summed E-state index contributed by atoms with van der Waals surface area (Å²) in [7, 11) is 0. The van der Waals surface area contributed by atoms with E-state index in [1.807, 2.05) is 24.3 Å². The summed E-state index contributed by atoms with van der Waals surface area (Å²) in [6.45, 7) is 5.23. The maximum Gasteiger partial charge on any atom is 0.509 e. The lowest BCUT2D eigenvalue weighted by atomic mass is 9.98. The largest absolute Gasteiger partial charge is 0.509 e. The monoisotopic (exact) mass is 370 g/mol. The van der Waals surface area contributed by atoms with Crippen LogP contribution in [0.1, 0.15) is 56.9 Å². The molecule has 0 bridgehead atoms. The van der Waals surface area contributed by atoms with Gasteiger partial charge in [0.05, 0.1) is 6.10 Å². The Bertz CT molecular complexity index is 734. The number of carbonyl (C=O) groups is 2. The fraction of sp³-hybridized carbons (Fsp3) is 0.364. The molecule has 2 aromatic rings. The van der Waals surface area contributed by atoms with E-state index in [1.54, 1.807) is 57.2 Å². The van der Waals surface area contributed by atoms with Crippen LogP contribution < -0.4 is 0 Å². The van der Waals surface area contributed by atoms with Gasteiger partial charge in [0.1, 0.15) is 17.5 Å². The van der Waals surface area contributed by atoms with E-state index in [-0.39, 0.29) is 18.6 Å². The first-order chi connectivity index (χ1) is 12.7. The molecular formula is C22H26O5. The minimum Gasteiger partial charge on any atom is -0.429 e. The summed E-state index contributed by atoms with van der Waals surface area (Å²) in [5.74, 6) is -0.205. The van der Waals surface area contributed by atoms with Crippen LogP contribution in [0.5, 0.6) is 0 Å². The normalized spacial score (nSPS) is 13.5. The number of benzene rings is 2. The quantitative estimate of drug-likeness (QED) is 0.711. The summed E-state index contributed by atoms with van der Waals surface area (Å²) < 4.78 is 10.6. The van der Waals surface area contributed by atoms with Crippen molar-refractivity contribution >= 4 is 11.9 Å². The van der Waals surface area contributed by atoms with Crippen molar-refractivity contribution in [2.75, 3.05) is 0 Å². The number of Topliss-reactive ketones (excluding diaryl/α,β-unsaturated/α-hetero) is 1. The van der Waals surface area contributed by atoms with Crippen molar-refractivity contribution in [3.05, 3.63) is 71.8 Å². The van der Waals surface area contributed by atoms with Crippen LogP contribution in [0.25, 0.3) is 0 Å². The molecule has 0 saturated carbocycles. The van der Waals surface area contributed by atoms with Crippen molar-refractivity contribution in [2.24, 2.45) is 0 Å². The maximum absolute atomic E-state index is 12.5. The van der Waals surface area contributed by atoms with Gasteiger partial charge < -0.3 is 14.6 Å². The van der Waals surface area contributed by atoms with Gasteiger partial charge in [-0.3, -0.25) is 4.79 Å². The zero-order valence-electron chi connectivity index (χ0n) is 15.9. The van der Waals surface area contributed by atoms with Gasteiger partial charge in [0.2, 0.25) is 0 Å². The summed E-state index contributed by atoms with van der Waals surface area (Å²) in [5.41, 5.74) is 0.687. The van der Waals surface area contributed by atoms with E-state index in [0.29, 0.717) is 11.1 Å². The molecule has 0 amide bonds. The maximum atomic E-state index is 12.5. The molecule has 2 rings (SSSR count). The number of aliphatic hydroxyl groups excluding tert-OH is 1. The first kappa shape index (κ1) is 20.6. The van der Waals surface area contributed by atoms with Crippen LogP contribution in [0.2, 0.25) is 0 Å². The number of carbonyl (C=O) groups excluding carboxylic acids is 2. The van der Waals surface area contributed by atoms with E-state index >= 15 is 0 Å². The Balaban J connectivity index is 2.05. The number of hydrogen-bond acceptors (Lipinski definition) is 5. The van der Waals surface area contributed by atoms with Crippen LogP contribution in [0.4, 0.5) is 4.79 Å². The predicted octanol–water partition coefficient (Wildman–Crippen LogP) is 4.76. The first-order valence-corrected chi connectivity index (χ1v) is 8.94. The molecule has 0 aliphatic carbocycles. The number of aliphatic hydroxyl groups is 1. The SMILES string of the molecule is CC(C)(C)OC(=O)O[C@@H](CC(=O)C[C@H](O)c1ccccc1)c1ccccc1. The molecule has 0 spiro atoms. The molecule has 5 nitrogen and oxygen atoms in total. The van der Waals surface area contributed by atoms with Gasteiger partial charge in [0.15, 0.2) is 0 Å². The van der Waals surface area contributed by atoms with Gasteiger partial charge in [-0.15, -0.1) is 0 Å². The van der Waals surface area contributed by atoms with Gasteiger partial charge in [-0.25, -0.2) is 4.79 Å². The third-order valence-corrected chi connectivity index (χ3v) is 3.82. The van der Waals surface area contributed by atoms with Crippen molar-refractivity contribution in [2.45, 2.75) is 51.4 Å². The van der Waals surface area contributed by atoms with Crippen molar-refractivity contribution in [1.29, 1.82) is 0 Å². The van der Waals surface area contributed by atoms with Gasteiger partial charge in [-0.2, -0.15) is 0 Å². The van der Waals surface area contributed by atoms with E-state index in [1.165, 1.54) is 0 Å². The lowest BCUT2D eigenvalue weighted by Gasteiger charge is -2.23. The highest BCUT2D eigenvalue weighted by atomic mass is 16.7. The van der Waals surface area contributed by atoms with Crippen molar-refractivity contribution in [3.8, 4) is 0 Å². The molecule has 0 aliphatic heterocycles. The van der Waals surface area contributed by atoms with Gasteiger partial charge in [-0.05, 0) is 31.9 Å². The second kappa shape index (κ2) is 9.33. The van der Waals surface area contributed by atoms with Gasteiger partial charge in [0, 0.05) is 12.8 Å². The average Bonchev–Trinajstić information content (AvgIpc) is 2.61. The first-order valence-electron chi connectivity index (χ1n) is 8.94. The van der Waals surface area contributed by atoms with Crippen LogP contribution in [-0.4, -0.2) is 22.6 Å². The highest BCUT2D eigenvalue weighted by Crippen LogP contribution is 2.26. The van der Waals surface area contributed by atoms with E-state index in [2.05, 4.69) is 0 Å². The Kier molecular flexibility index (Phi) is 7.13. The zero-order chi connectivity index (χ0) is 19.9. The van der Waals surface area contributed by atoms with Gasteiger partial charge in [0.25, 0.3) is 0 Å². The van der Waals surface area contributed by atoms with Crippen molar-refractivity contribution < 1.29 is 24.2 Å². The third-order valence-electron chi connectivity index (χ3n) is 3.82. The molecule has 0 aliphatic rings. The lowest BCUT2D eigenvalue weighted by molar-refractivity contribution is -0.123. The topological polar surface area (TPSA) is 72.8 Å². The van der Waals surface area contributed by atoms with Crippen LogP contribution in [0, 0.1) is 0 Å². The summed E-state index contributed by atoms with van der Waals surface area (Å²) in [4.78, 5) is 24.5. The summed E-state index contributed by atoms with van der Waals surface area (Å²) in [6, 6.07) is 18.0. The molecule has 0 aromatic heterocycles. The molecule has 0 fully saturated rings. The molecular weight excluding hydrogens is 344 g/mol. The summed E-state index contributed by atoms with van der Waals surface area (Å²) in [5, 5.41) is 10.3. The predicted molar refractivity (Wildman–Crippen MR) is 102 cm³/mol. The van der Waals surface area contributed by atoms with E-state index < -0.39 is 24.0 Å². The molecule has 0 heterocycles. The number of ketones is 1. The molecule has 2 aromatic carbocycles. The van der Waals surface area contributed by atoms with Gasteiger partial charge in [-0.1, -0.05) is 60.7 Å². The number of ether oxygens (including phenoxy) is 2. The van der Waals surface area contributed by atoms with E-state index in [9.17, 15) is 14.7 Å². The zero-order valence-corrected chi connectivity index (χ0v) is 15.9.